The molecule has 1 aliphatic carbocycles. The molecule has 2 aliphatic rings. The molecule has 4 nitrogen and oxygen atoms in total. The maximum Gasteiger partial charge on any atom is 0.310 e. The number of carboxylic acid groups (broad SMARTS) is 1. The van der Waals surface area contributed by atoms with E-state index >= 15 is 0 Å². The van der Waals surface area contributed by atoms with Crippen LogP contribution in [0.4, 0.5) is 0 Å². The van der Waals surface area contributed by atoms with Gasteiger partial charge in [0.2, 0.25) is 5.91 Å². The second-order valence-corrected chi connectivity index (χ2v) is 5.92. The van der Waals surface area contributed by atoms with E-state index in [0.717, 1.165) is 24.9 Å². The quantitative estimate of drug-likeness (QED) is 0.917. The topological polar surface area (TPSA) is 57.6 Å². The number of amides is 1. The van der Waals surface area contributed by atoms with E-state index in [1.165, 1.54) is 0 Å². The monoisotopic (exact) mass is 273 g/mol. The molecule has 1 heterocycles. The fourth-order valence-corrected chi connectivity index (χ4v) is 3.17. The van der Waals surface area contributed by atoms with Crippen LogP contribution in [0, 0.1) is 5.41 Å². The summed E-state index contributed by atoms with van der Waals surface area (Å²) in [7, 11) is 0. The van der Waals surface area contributed by atoms with E-state index in [9.17, 15) is 14.7 Å². The molecule has 3 rings (SSSR count). The molecule has 106 valence electrons. The number of rotatable bonds is 4. The molecule has 1 N–H and O–H groups in total. The lowest BCUT2D eigenvalue weighted by atomic mass is 9.66. The molecule has 1 amide bonds. The van der Waals surface area contributed by atoms with E-state index in [1.54, 1.807) is 0 Å². The Kier molecular flexibility index (Phi) is 3.24. The maximum atomic E-state index is 12.4. The predicted molar refractivity (Wildman–Crippen MR) is 74.0 cm³/mol. The standard InChI is InChI=1S/C16H19NO3/c18-14(11-16(15(19)20)8-4-9-16)17-10-7-13(17)12-5-2-1-3-6-12/h1-3,5-6,13H,4,7-11H2,(H,19,20). The number of carbonyl (C=O) groups excluding carboxylic acids is 1. The average molecular weight is 273 g/mol. The van der Waals surface area contributed by atoms with E-state index in [4.69, 9.17) is 0 Å². The van der Waals surface area contributed by atoms with Crippen molar-refractivity contribution >= 4 is 11.9 Å². The van der Waals surface area contributed by atoms with Crippen molar-refractivity contribution in [3.05, 3.63) is 35.9 Å². The summed E-state index contributed by atoms with van der Waals surface area (Å²) in [5, 5.41) is 9.32. The Hall–Kier alpha value is -1.84. The smallest absolute Gasteiger partial charge is 0.310 e. The van der Waals surface area contributed by atoms with E-state index in [1.807, 2.05) is 35.2 Å². The Morgan fingerprint density at radius 1 is 1.25 bits per heavy atom. The fraction of sp³-hybridized carbons (Fsp3) is 0.500. The average Bonchev–Trinajstić information content (AvgIpc) is 2.33. The van der Waals surface area contributed by atoms with E-state index in [-0.39, 0.29) is 18.4 Å². The van der Waals surface area contributed by atoms with Gasteiger partial charge in [-0.2, -0.15) is 0 Å². The van der Waals surface area contributed by atoms with Gasteiger partial charge >= 0.3 is 5.97 Å². The number of aliphatic carboxylic acids is 1. The van der Waals surface area contributed by atoms with Crippen molar-refractivity contribution in [1.82, 2.24) is 4.90 Å². The largest absolute Gasteiger partial charge is 0.481 e. The van der Waals surface area contributed by atoms with Crippen LogP contribution in [0.25, 0.3) is 0 Å². The highest BCUT2D eigenvalue weighted by molar-refractivity contribution is 5.86. The first kappa shape index (κ1) is 13.2. The van der Waals surface area contributed by atoms with Gasteiger partial charge in [-0.25, -0.2) is 0 Å². The molecule has 1 atom stereocenters. The SMILES string of the molecule is O=C(CC1(C(=O)O)CCC1)N1CCC1c1ccccc1. The van der Waals surface area contributed by atoms with E-state index in [0.29, 0.717) is 12.8 Å². The fourth-order valence-electron chi connectivity index (χ4n) is 3.17. The van der Waals surface area contributed by atoms with Gasteiger partial charge in [-0.05, 0) is 24.8 Å². The first-order valence-corrected chi connectivity index (χ1v) is 7.20. The summed E-state index contributed by atoms with van der Waals surface area (Å²) in [6, 6.07) is 10.1. The zero-order chi connectivity index (χ0) is 14.2. The molecule has 1 aromatic rings. The summed E-state index contributed by atoms with van der Waals surface area (Å²) in [6.45, 7) is 0.744. The van der Waals surface area contributed by atoms with Crippen LogP contribution in [0.15, 0.2) is 30.3 Å². The molecule has 4 heteroatoms. The second kappa shape index (κ2) is 4.93. The minimum atomic E-state index is -0.811. The molecule has 0 aromatic heterocycles. The molecule has 0 radical (unpaired) electrons. The molecule has 1 saturated heterocycles. The van der Waals surface area contributed by atoms with Gasteiger partial charge in [-0.3, -0.25) is 9.59 Å². The zero-order valence-corrected chi connectivity index (χ0v) is 11.4. The Bertz CT molecular complexity index is 522. The van der Waals surface area contributed by atoms with Crippen LogP contribution in [0.2, 0.25) is 0 Å². The Morgan fingerprint density at radius 3 is 2.40 bits per heavy atom. The molecule has 1 unspecified atom stereocenters. The van der Waals surface area contributed by atoms with Crippen LogP contribution < -0.4 is 0 Å². The van der Waals surface area contributed by atoms with Gasteiger partial charge < -0.3 is 10.0 Å². The summed E-state index contributed by atoms with van der Waals surface area (Å²) in [4.78, 5) is 25.6. The number of carboxylic acids is 1. The highest BCUT2D eigenvalue weighted by atomic mass is 16.4. The lowest BCUT2D eigenvalue weighted by Gasteiger charge is -2.45. The minimum absolute atomic E-state index is 0.00722. The summed E-state index contributed by atoms with van der Waals surface area (Å²) in [6.07, 6.45) is 3.32. The maximum absolute atomic E-state index is 12.4. The molecule has 20 heavy (non-hydrogen) atoms. The van der Waals surface area contributed by atoms with Crippen molar-refractivity contribution in [2.45, 2.75) is 38.1 Å². The van der Waals surface area contributed by atoms with Gasteiger partial charge in [0.05, 0.1) is 11.5 Å². The van der Waals surface area contributed by atoms with Gasteiger partial charge in [-0.15, -0.1) is 0 Å². The third kappa shape index (κ3) is 2.09. The number of benzene rings is 1. The lowest BCUT2D eigenvalue weighted by Crippen LogP contribution is -2.49. The van der Waals surface area contributed by atoms with Crippen LogP contribution in [0.1, 0.15) is 43.7 Å². The van der Waals surface area contributed by atoms with Crippen molar-refractivity contribution in [2.24, 2.45) is 5.41 Å². The van der Waals surface area contributed by atoms with E-state index < -0.39 is 11.4 Å². The predicted octanol–water partition coefficient (Wildman–Crippen LogP) is 2.61. The molecule has 1 aromatic carbocycles. The number of hydrogen-bond donors (Lipinski definition) is 1. The number of nitrogens with zero attached hydrogens (tertiary/aromatic N) is 1. The molecule has 2 fully saturated rings. The first-order valence-electron chi connectivity index (χ1n) is 7.20. The van der Waals surface area contributed by atoms with Gasteiger partial charge in [0.1, 0.15) is 0 Å². The third-order valence-electron chi connectivity index (χ3n) is 4.78. The van der Waals surface area contributed by atoms with Crippen LogP contribution in [0.5, 0.6) is 0 Å². The highest BCUT2D eigenvalue weighted by Crippen LogP contribution is 2.46. The van der Waals surface area contributed by atoms with Gasteiger partial charge in [0, 0.05) is 13.0 Å². The van der Waals surface area contributed by atoms with Crippen molar-refractivity contribution in [2.75, 3.05) is 6.54 Å². The zero-order valence-electron chi connectivity index (χ0n) is 11.4. The van der Waals surface area contributed by atoms with Gasteiger partial charge in [-0.1, -0.05) is 36.8 Å². The van der Waals surface area contributed by atoms with Crippen LogP contribution in [0.3, 0.4) is 0 Å². The lowest BCUT2D eigenvalue weighted by molar-refractivity contribution is -0.161. The van der Waals surface area contributed by atoms with Crippen molar-refractivity contribution in [3.8, 4) is 0 Å². The molecular formula is C16H19NO3. The highest BCUT2D eigenvalue weighted by Gasteiger charge is 2.48. The Balaban J connectivity index is 1.68. The van der Waals surface area contributed by atoms with Gasteiger partial charge in [0.25, 0.3) is 0 Å². The van der Waals surface area contributed by atoms with Gasteiger partial charge in [0.15, 0.2) is 0 Å². The van der Waals surface area contributed by atoms with Crippen LogP contribution in [-0.4, -0.2) is 28.4 Å². The molecule has 0 spiro atoms. The first-order chi connectivity index (χ1) is 9.62. The Labute approximate surface area is 118 Å². The molecule has 1 aliphatic heterocycles. The summed E-state index contributed by atoms with van der Waals surface area (Å²) in [5.41, 5.74) is 0.360. The van der Waals surface area contributed by atoms with Crippen molar-refractivity contribution < 1.29 is 14.7 Å². The summed E-state index contributed by atoms with van der Waals surface area (Å²) in [5.74, 6) is -0.818. The van der Waals surface area contributed by atoms with Crippen molar-refractivity contribution in [3.63, 3.8) is 0 Å². The number of likely N-dealkylation sites (tertiary alicyclic amines) is 1. The normalized spacial score (nSPS) is 23.6. The van der Waals surface area contributed by atoms with Crippen LogP contribution >= 0.6 is 0 Å². The molecule has 1 saturated carbocycles. The van der Waals surface area contributed by atoms with E-state index in [2.05, 4.69) is 0 Å². The summed E-state index contributed by atoms with van der Waals surface area (Å²) >= 11 is 0. The number of hydrogen-bond acceptors (Lipinski definition) is 2. The number of carbonyl (C=O) groups is 2. The van der Waals surface area contributed by atoms with Crippen LogP contribution in [-0.2, 0) is 9.59 Å². The minimum Gasteiger partial charge on any atom is -0.481 e. The molecular weight excluding hydrogens is 254 g/mol. The Morgan fingerprint density at radius 2 is 1.95 bits per heavy atom. The third-order valence-corrected chi connectivity index (χ3v) is 4.78. The molecule has 0 bridgehead atoms. The van der Waals surface area contributed by atoms with Crippen molar-refractivity contribution in [1.29, 1.82) is 0 Å². The second-order valence-electron chi connectivity index (χ2n) is 5.92. The summed E-state index contributed by atoms with van der Waals surface area (Å²) < 4.78 is 0.